The minimum Gasteiger partial charge on any atom is -0.370 e. The molecule has 0 bridgehead atoms. The number of benzene rings is 2. The summed E-state index contributed by atoms with van der Waals surface area (Å²) in [5, 5.41) is 7.11. The highest BCUT2D eigenvalue weighted by molar-refractivity contribution is 5.81. The maximum atomic E-state index is 13.8. The summed E-state index contributed by atoms with van der Waals surface area (Å²) in [5.74, 6) is 0.483. The normalized spacial score (nSPS) is 11.7. The standard InChI is InChI=1S/C22H19F3N4/c1-15-14-18(26-13-12-16-8-4-2-5-9-16)29-21(27-15)19(17-10-6-3-7-11-17)20(28-29)22(23,24)25/h2-11,14,26H,12-13H2,1H3. The van der Waals surface area contributed by atoms with Crippen molar-refractivity contribution in [3.05, 3.63) is 83.7 Å². The molecule has 0 atom stereocenters. The molecule has 148 valence electrons. The third-order valence-electron chi connectivity index (χ3n) is 4.61. The van der Waals surface area contributed by atoms with E-state index < -0.39 is 11.9 Å². The maximum absolute atomic E-state index is 13.8. The Balaban J connectivity index is 1.77. The number of rotatable bonds is 5. The van der Waals surface area contributed by atoms with Crippen LogP contribution >= 0.6 is 0 Å². The fraction of sp³-hybridized carbons (Fsp3) is 0.182. The molecule has 4 nitrogen and oxygen atoms in total. The molecular weight excluding hydrogens is 377 g/mol. The number of alkyl halides is 3. The topological polar surface area (TPSA) is 42.2 Å². The minimum atomic E-state index is -4.59. The van der Waals surface area contributed by atoms with Crippen molar-refractivity contribution in [1.29, 1.82) is 0 Å². The highest BCUT2D eigenvalue weighted by atomic mass is 19.4. The molecule has 0 unspecified atom stereocenters. The molecular formula is C22H19F3N4. The lowest BCUT2D eigenvalue weighted by Gasteiger charge is -2.10. The van der Waals surface area contributed by atoms with Crippen molar-refractivity contribution < 1.29 is 13.2 Å². The Morgan fingerprint density at radius 2 is 1.62 bits per heavy atom. The lowest BCUT2D eigenvalue weighted by molar-refractivity contribution is -0.140. The van der Waals surface area contributed by atoms with Crippen LogP contribution in [0.5, 0.6) is 0 Å². The summed E-state index contributed by atoms with van der Waals surface area (Å²) >= 11 is 0. The van der Waals surface area contributed by atoms with Gasteiger partial charge in [-0.3, -0.25) is 0 Å². The van der Waals surface area contributed by atoms with Gasteiger partial charge in [0, 0.05) is 18.3 Å². The zero-order valence-electron chi connectivity index (χ0n) is 15.7. The van der Waals surface area contributed by atoms with Gasteiger partial charge in [-0.2, -0.15) is 22.8 Å². The van der Waals surface area contributed by atoms with E-state index in [9.17, 15) is 13.2 Å². The Labute approximate surface area is 166 Å². The second-order valence-electron chi connectivity index (χ2n) is 6.77. The zero-order valence-corrected chi connectivity index (χ0v) is 15.7. The first-order chi connectivity index (χ1) is 13.9. The third kappa shape index (κ3) is 3.94. The van der Waals surface area contributed by atoms with Gasteiger partial charge in [-0.1, -0.05) is 60.7 Å². The molecule has 0 spiro atoms. The van der Waals surface area contributed by atoms with E-state index in [4.69, 9.17) is 0 Å². The summed E-state index contributed by atoms with van der Waals surface area (Å²) in [4.78, 5) is 4.37. The van der Waals surface area contributed by atoms with Crippen molar-refractivity contribution in [2.24, 2.45) is 0 Å². The molecule has 0 aliphatic rings. The second-order valence-corrected chi connectivity index (χ2v) is 6.77. The Morgan fingerprint density at radius 1 is 0.966 bits per heavy atom. The number of aromatic nitrogens is 3. The Morgan fingerprint density at radius 3 is 2.28 bits per heavy atom. The van der Waals surface area contributed by atoms with Crippen molar-refractivity contribution in [2.75, 3.05) is 11.9 Å². The number of nitrogens with zero attached hydrogens (tertiary/aromatic N) is 3. The lowest BCUT2D eigenvalue weighted by atomic mass is 10.1. The lowest BCUT2D eigenvalue weighted by Crippen LogP contribution is -2.11. The van der Waals surface area contributed by atoms with Gasteiger partial charge < -0.3 is 5.32 Å². The van der Waals surface area contributed by atoms with Crippen LogP contribution < -0.4 is 5.32 Å². The van der Waals surface area contributed by atoms with Crippen LogP contribution in [0.3, 0.4) is 0 Å². The minimum absolute atomic E-state index is 0.00657. The molecule has 7 heteroatoms. The van der Waals surface area contributed by atoms with Gasteiger partial charge in [0.2, 0.25) is 0 Å². The molecule has 0 aliphatic carbocycles. The summed E-state index contributed by atoms with van der Waals surface area (Å²) in [6.07, 6.45) is -3.85. The van der Waals surface area contributed by atoms with Gasteiger partial charge in [-0.15, -0.1) is 0 Å². The van der Waals surface area contributed by atoms with Gasteiger partial charge in [-0.05, 0) is 24.5 Å². The number of hydrogen-bond donors (Lipinski definition) is 1. The quantitative estimate of drug-likeness (QED) is 0.493. The fourth-order valence-corrected chi connectivity index (χ4v) is 3.31. The average Bonchev–Trinajstić information content (AvgIpc) is 3.09. The molecule has 0 amide bonds. The molecule has 29 heavy (non-hydrogen) atoms. The van der Waals surface area contributed by atoms with E-state index in [1.807, 2.05) is 30.3 Å². The van der Waals surface area contributed by atoms with E-state index in [2.05, 4.69) is 15.4 Å². The van der Waals surface area contributed by atoms with Crippen molar-refractivity contribution in [1.82, 2.24) is 14.6 Å². The smallest absolute Gasteiger partial charge is 0.370 e. The van der Waals surface area contributed by atoms with Crippen molar-refractivity contribution in [3.8, 4) is 11.1 Å². The molecule has 0 saturated carbocycles. The van der Waals surface area contributed by atoms with Gasteiger partial charge in [0.1, 0.15) is 5.82 Å². The van der Waals surface area contributed by atoms with Gasteiger partial charge in [0.15, 0.2) is 11.3 Å². The van der Waals surface area contributed by atoms with E-state index in [0.717, 1.165) is 12.0 Å². The van der Waals surface area contributed by atoms with Crippen LogP contribution in [0.25, 0.3) is 16.8 Å². The maximum Gasteiger partial charge on any atom is 0.435 e. The predicted octanol–water partition coefficient (Wildman–Crippen LogP) is 5.38. The zero-order chi connectivity index (χ0) is 20.4. The van der Waals surface area contributed by atoms with Crippen molar-refractivity contribution >= 4 is 11.5 Å². The summed E-state index contributed by atoms with van der Waals surface area (Å²) in [6, 6.07) is 20.0. The van der Waals surface area contributed by atoms with Gasteiger partial charge in [0.25, 0.3) is 0 Å². The van der Waals surface area contributed by atoms with Crippen molar-refractivity contribution in [2.45, 2.75) is 19.5 Å². The van der Waals surface area contributed by atoms with E-state index >= 15 is 0 Å². The first-order valence-corrected chi connectivity index (χ1v) is 9.24. The molecule has 2 aromatic carbocycles. The van der Waals surface area contributed by atoms with Gasteiger partial charge >= 0.3 is 6.18 Å². The first-order valence-electron chi connectivity index (χ1n) is 9.24. The highest BCUT2D eigenvalue weighted by Crippen LogP contribution is 2.39. The van der Waals surface area contributed by atoms with Crippen LogP contribution in [0.4, 0.5) is 19.0 Å². The molecule has 0 radical (unpaired) electrons. The molecule has 4 aromatic rings. The summed E-state index contributed by atoms with van der Waals surface area (Å²) in [7, 11) is 0. The third-order valence-corrected chi connectivity index (χ3v) is 4.61. The van der Waals surface area contributed by atoms with Gasteiger partial charge in [-0.25, -0.2) is 4.98 Å². The van der Waals surface area contributed by atoms with E-state index in [0.29, 0.717) is 23.6 Å². The fourth-order valence-electron chi connectivity index (χ4n) is 3.31. The highest BCUT2D eigenvalue weighted by Gasteiger charge is 2.39. The van der Waals surface area contributed by atoms with E-state index in [1.165, 1.54) is 4.52 Å². The molecule has 0 aliphatic heterocycles. The second kappa shape index (κ2) is 7.58. The Bertz CT molecular complexity index is 1120. The van der Waals surface area contributed by atoms with Gasteiger partial charge in [0.05, 0.1) is 5.56 Å². The monoisotopic (exact) mass is 396 g/mol. The van der Waals surface area contributed by atoms with Crippen molar-refractivity contribution in [3.63, 3.8) is 0 Å². The first kappa shape index (κ1) is 19.0. The number of anilines is 1. The molecule has 0 saturated heterocycles. The van der Waals surface area contributed by atoms with E-state index in [1.54, 1.807) is 43.3 Å². The molecule has 2 aromatic heterocycles. The number of hydrogen-bond acceptors (Lipinski definition) is 3. The van der Waals surface area contributed by atoms with Crippen LogP contribution in [0.15, 0.2) is 66.7 Å². The average molecular weight is 396 g/mol. The molecule has 2 heterocycles. The summed E-state index contributed by atoms with van der Waals surface area (Å²) in [5.41, 5.74) is 1.43. The number of nitrogens with one attached hydrogen (secondary N) is 1. The molecule has 0 fully saturated rings. The van der Waals surface area contributed by atoms with Crippen LogP contribution in [0, 0.1) is 6.92 Å². The number of halogens is 3. The van der Waals surface area contributed by atoms with E-state index in [-0.39, 0.29) is 11.2 Å². The summed E-state index contributed by atoms with van der Waals surface area (Å²) < 4.78 is 42.5. The summed E-state index contributed by atoms with van der Waals surface area (Å²) in [6.45, 7) is 2.32. The van der Waals surface area contributed by atoms with Crippen LogP contribution in [-0.2, 0) is 12.6 Å². The van der Waals surface area contributed by atoms with Crippen LogP contribution in [-0.4, -0.2) is 21.1 Å². The molecule has 4 rings (SSSR count). The number of aryl methyl sites for hydroxylation is 1. The predicted molar refractivity (Wildman–Crippen MR) is 107 cm³/mol. The molecule has 1 N–H and O–H groups in total. The largest absolute Gasteiger partial charge is 0.435 e. The Kier molecular flexibility index (Phi) is 4.96. The van der Waals surface area contributed by atoms with Crippen LogP contribution in [0.2, 0.25) is 0 Å². The Hall–Kier alpha value is -3.35. The van der Waals surface area contributed by atoms with Crippen LogP contribution in [0.1, 0.15) is 17.0 Å². The number of fused-ring (bicyclic) bond motifs is 1. The SMILES string of the molecule is Cc1cc(NCCc2ccccc2)n2nc(C(F)(F)F)c(-c3ccccc3)c2n1.